The van der Waals surface area contributed by atoms with Crippen molar-refractivity contribution in [1.82, 2.24) is 19.6 Å². The van der Waals surface area contributed by atoms with Gasteiger partial charge in [-0.05, 0) is 22.1 Å². The van der Waals surface area contributed by atoms with Gasteiger partial charge in [0.05, 0.1) is 6.07 Å². The van der Waals surface area contributed by atoms with Gasteiger partial charge in [-0.3, -0.25) is 14.5 Å². The molecule has 3 heterocycles. The van der Waals surface area contributed by atoms with Gasteiger partial charge in [0.1, 0.15) is 24.2 Å². The third-order valence-electron chi connectivity index (χ3n) is 6.50. The van der Waals surface area contributed by atoms with Gasteiger partial charge in [0.25, 0.3) is 11.8 Å². The van der Waals surface area contributed by atoms with E-state index in [1.54, 1.807) is 5.41 Å². The number of nitriles is 1. The molecule has 1 fully saturated rings. The van der Waals surface area contributed by atoms with Crippen LogP contribution in [0.15, 0.2) is 88.6 Å². The van der Waals surface area contributed by atoms with Gasteiger partial charge in [-0.1, -0.05) is 65.8 Å². The fourth-order valence-corrected chi connectivity index (χ4v) is 7.18. The van der Waals surface area contributed by atoms with Gasteiger partial charge in [-0.2, -0.15) is 14.6 Å². The number of esters is 1. The molecule has 0 radical (unpaired) electrons. The largest absolute Gasteiger partial charge is 0.448 e. The highest BCUT2D eigenvalue weighted by Crippen LogP contribution is 2.42. The zero-order chi connectivity index (χ0) is 31.1. The minimum absolute atomic E-state index is 0.0338. The fourth-order valence-electron chi connectivity index (χ4n) is 4.57. The summed E-state index contributed by atoms with van der Waals surface area (Å²) < 4.78 is 10.1. The number of allylic oxidation sites excluding steroid dienone is 1. The number of aromatic nitrogens is 2. The predicted molar refractivity (Wildman–Crippen MR) is 168 cm³/mol. The molecule has 3 aromatic rings. The Kier molecular flexibility index (Phi) is 9.95. The number of thioether (sulfide) groups is 2. The van der Waals surface area contributed by atoms with E-state index >= 15 is 0 Å². The highest BCUT2D eigenvalue weighted by Gasteiger charge is 2.55. The van der Waals surface area contributed by atoms with Crippen molar-refractivity contribution in [3.63, 3.8) is 0 Å². The average Bonchev–Trinajstić information content (AvgIpc) is 3.49. The monoisotopic (exact) mass is 647 g/mol. The molecule has 0 saturated carbocycles. The molecule has 12 nitrogen and oxygen atoms in total. The number of nitrogen functional groups attached to an aromatic ring is 1. The van der Waals surface area contributed by atoms with E-state index in [0.29, 0.717) is 17.1 Å². The van der Waals surface area contributed by atoms with E-state index in [1.807, 2.05) is 66.7 Å². The van der Waals surface area contributed by atoms with Gasteiger partial charge in [-0.15, -0.1) is 23.5 Å². The van der Waals surface area contributed by atoms with Crippen molar-refractivity contribution >= 4 is 63.7 Å². The summed E-state index contributed by atoms with van der Waals surface area (Å²) in [7, 11) is 1.27. The summed E-state index contributed by atoms with van der Waals surface area (Å²) in [5.41, 5.74) is 7.75. The van der Waals surface area contributed by atoms with Crippen LogP contribution in [0.2, 0.25) is 0 Å². The summed E-state index contributed by atoms with van der Waals surface area (Å²) in [6, 6.07) is 19.6. The van der Waals surface area contributed by atoms with Crippen molar-refractivity contribution in [2.45, 2.75) is 17.5 Å². The molecule has 2 atom stereocenters. The van der Waals surface area contributed by atoms with Gasteiger partial charge in [0.2, 0.25) is 11.5 Å². The third kappa shape index (κ3) is 6.62. The van der Waals surface area contributed by atoms with E-state index in [4.69, 9.17) is 20.6 Å². The molecule has 224 valence electrons. The lowest BCUT2D eigenvalue weighted by Crippen LogP contribution is -2.71. The number of ether oxygens (including phenoxy) is 1. The molecule has 1 unspecified atom stereocenters. The summed E-state index contributed by atoms with van der Waals surface area (Å²) in [4.78, 5) is 50.9. The number of amides is 2. The smallest absolute Gasteiger partial charge is 0.356 e. The van der Waals surface area contributed by atoms with Crippen LogP contribution >= 0.6 is 35.1 Å². The first-order chi connectivity index (χ1) is 21.4. The van der Waals surface area contributed by atoms with Crippen molar-refractivity contribution in [2.24, 2.45) is 5.16 Å². The van der Waals surface area contributed by atoms with E-state index in [1.165, 1.54) is 41.6 Å². The number of hydrogen-bond acceptors (Lipinski definition) is 13. The molecule has 0 spiro atoms. The number of fused-ring (bicyclic) bond motifs is 1. The Morgan fingerprint density at radius 2 is 1.91 bits per heavy atom. The topological polar surface area (TPSA) is 173 Å². The van der Waals surface area contributed by atoms with E-state index in [2.05, 4.69) is 19.8 Å². The Hall–Kier alpha value is -4.65. The molecule has 2 aromatic carbocycles. The number of hydrogen-bond donors (Lipinski definition) is 2. The van der Waals surface area contributed by atoms with Crippen molar-refractivity contribution in [3.8, 4) is 6.07 Å². The number of benzene rings is 2. The molecule has 0 bridgehead atoms. The molecule has 1 saturated heterocycles. The first-order valence-electron chi connectivity index (χ1n) is 13.1. The number of rotatable bonds is 11. The summed E-state index contributed by atoms with van der Waals surface area (Å²) in [6.45, 7) is 0. The second-order valence-corrected chi connectivity index (χ2v) is 12.0. The maximum Gasteiger partial charge on any atom is 0.356 e. The second kappa shape index (κ2) is 14.2. The van der Waals surface area contributed by atoms with Crippen molar-refractivity contribution in [3.05, 3.63) is 100 Å². The molecule has 2 amide bonds. The van der Waals surface area contributed by atoms with Crippen molar-refractivity contribution < 1.29 is 24.0 Å². The summed E-state index contributed by atoms with van der Waals surface area (Å²) in [6.07, 6.45) is 0.614. The summed E-state index contributed by atoms with van der Waals surface area (Å²) in [5.74, 6) is -1.18. The van der Waals surface area contributed by atoms with Crippen LogP contribution in [0.25, 0.3) is 0 Å². The summed E-state index contributed by atoms with van der Waals surface area (Å²) in [5, 5.41) is 16.5. The van der Waals surface area contributed by atoms with Gasteiger partial charge < -0.3 is 20.6 Å². The van der Waals surface area contributed by atoms with Crippen LogP contribution in [-0.4, -0.2) is 67.8 Å². The molecular formula is C29H25N7O5S3. The van der Waals surface area contributed by atoms with Crippen LogP contribution < -0.4 is 11.1 Å². The molecular weight excluding hydrogens is 623 g/mol. The Balaban J connectivity index is 1.42. The molecule has 15 heteroatoms. The normalized spacial score (nSPS) is 18.1. The Morgan fingerprint density at radius 3 is 2.50 bits per heavy atom. The van der Waals surface area contributed by atoms with E-state index < -0.39 is 35.3 Å². The van der Waals surface area contributed by atoms with Crippen molar-refractivity contribution in [1.29, 1.82) is 5.26 Å². The number of oxime groups is 1. The number of carbonyl (C=O) groups is 3. The highest BCUT2D eigenvalue weighted by atomic mass is 32.2. The average molecular weight is 648 g/mol. The van der Waals surface area contributed by atoms with Crippen LogP contribution in [0, 0.1) is 11.3 Å². The lowest BCUT2D eigenvalue weighted by atomic mass is 10.0. The first-order valence-corrected chi connectivity index (χ1v) is 16.0. The Morgan fingerprint density at radius 1 is 1.23 bits per heavy atom. The quantitative estimate of drug-likeness (QED) is 0.103. The number of nitrogens with zero attached hydrogens (tertiary/aromatic N) is 5. The Labute approximate surface area is 265 Å². The van der Waals surface area contributed by atoms with Crippen molar-refractivity contribution in [2.75, 3.05) is 24.3 Å². The van der Waals surface area contributed by atoms with Crippen LogP contribution in [-0.2, 0) is 24.0 Å². The number of carbonyl (C=O) groups excluding carboxylic acids is 3. The lowest BCUT2D eigenvalue weighted by molar-refractivity contribution is -0.154. The number of nitrogens with one attached hydrogen (secondary N) is 1. The fraction of sp³-hybridized carbons (Fsp3) is 0.207. The summed E-state index contributed by atoms with van der Waals surface area (Å²) >= 11 is 3.61. The molecule has 44 heavy (non-hydrogen) atoms. The van der Waals surface area contributed by atoms with E-state index in [-0.39, 0.29) is 22.4 Å². The molecule has 3 N–H and O–H groups in total. The molecule has 2 aliphatic rings. The van der Waals surface area contributed by atoms with Gasteiger partial charge in [-0.25, -0.2) is 4.79 Å². The second-order valence-electron chi connectivity index (χ2n) is 9.24. The van der Waals surface area contributed by atoms with Gasteiger partial charge in [0.15, 0.2) is 11.2 Å². The molecule has 5 rings (SSSR count). The molecule has 0 aliphatic carbocycles. The number of anilines is 1. The van der Waals surface area contributed by atoms with E-state index in [0.717, 1.165) is 22.7 Å². The standard InChI is InChI=1S/C29H25N7O5S3/c1-40-34-20(24-33-29(31)44-35-24)25(37)32-21-26(38)36-22(19(16-43-27(21)36)15-42-14-8-13-30)28(39)41-23(17-9-4-2-5-10-17)18-11-6-3-7-12-18/h2-12,14,21,23,27H,15-16H2,1H3,(H,32,37)(H2,31,33,35)/b14-8-,34-20?/t21?,27-/m1/s1. The van der Waals surface area contributed by atoms with E-state index in [9.17, 15) is 14.4 Å². The van der Waals surface area contributed by atoms with Crippen LogP contribution in [0.3, 0.4) is 0 Å². The zero-order valence-corrected chi connectivity index (χ0v) is 25.6. The maximum atomic E-state index is 14.0. The minimum Gasteiger partial charge on any atom is -0.448 e. The predicted octanol–water partition coefficient (Wildman–Crippen LogP) is 3.23. The number of β-lactam (4-membered cyclic amide) rings is 1. The lowest BCUT2D eigenvalue weighted by Gasteiger charge is -2.49. The number of nitrogens with two attached hydrogens (primary N) is 1. The van der Waals surface area contributed by atoms with Crippen LogP contribution in [0.1, 0.15) is 23.1 Å². The van der Waals surface area contributed by atoms with Crippen LogP contribution in [0.4, 0.5) is 5.13 Å². The highest BCUT2D eigenvalue weighted by molar-refractivity contribution is 8.02. The first kappa shape index (κ1) is 30.8. The molecule has 1 aromatic heterocycles. The SMILES string of the molecule is CON=C(C(=O)NC1C(=O)N2C(C(=O)OC(c3ccccc3)c3ccccc3)=C(CS/C=C\C#N)CS[C@H]12)c1nsc(N)n1. The minimum atomic E-state index is -0.958. The van der Waals surface area contributed by atoms with Crippen LogP contribution in [0.5, 0.6) is 0 Å². The molecule has 2 aliphatic heterocycles. The Bertz CT molecular complexity index is 1630. The third-order valence-corrected chi connectivity index (χ3v) is 9.23. The zero-order valence-electron chi connectivity index (χ0n) is 23.2. The van der Waals surface area contributed by atoms with Gasteiger partial charge in [0, 0.05) is 29.1 Å². The van der Waals surface area contributed by atoms with Gasteiger partial charge >= 0.3 is 5.97 Å². The maximum absolute atomic E-state index is 14.0.